The molecule has 196 valence electrons. The van der Waals surface area contributed by atoms with Crippen LogP contribution in [0.25, 0.3) is 10.9 Å². The zero-order valence-electron chi connectivity index (χ0n) is 21.4. The van der Waals surface area contributed by atoms with Crippen LogP contribution in [0.3, 0.4) is 0 Å². The molecule has 1 aliphatic heterocycles. The molecule has 9 heteroatoms. The third kappa shape index (κ3) is 5.38. The first-order valence-corrected chi connectivity index (χ1v) is 13.3. The van der Waals surface area contributed by atoms with Crippen molar-refractivity contribution < 1.29 is 18.9 Å². The summed E-state index contributed by atoms with van der Waals surface area (Å²) in [6, 6.07) is 16.8. The van der Waals surface area contributed by atoms with Gasteiger partial charge in [-0.3, -0.25) is 4.79 Å². The number of hydrogen-bond acceptors (Lipinski definition) is 7. The molecule has 2 heterocycles. The van der Waals surface area contributed by atoms with Crippen LogP contribution < -0.4 is 24.5 Å². The minimum atomic E-state index is -0.212. The zero-order valence-corrected chi connectivity index (χ0v) is 23.0. The van der Waals surface area contributed by atoms with Gasteiger partial charge in [-0.05, 0) is 73.0 Å². The molecule has 8 nitrogen and oxygen atoms in total. The standard InChI is InChI=1S/C29H28BrN3O5/c1-4-18(3)28-32-23-9-8-21(30)14-22(23)29(34)33(28)31-15-19-6-10-24(26(12-19)35-5-2)36-16-20-7-11-25-27(13-20)38-17-37-25/h6-15,18H,4-5,16-17H2,1-3H3/t18-/m0/s1. The summed E-state index contributed by atoms with van der Waals surface area (Å²) in [6.45, 7) is 7.07. The zero-order chi connectivity index (χ0) is 26.6. The predicted molar refractivity (Wildman–Crippen MR) is 150 cm³/mol. The maximum absolute atomic E-state index is 13.4. The molecule has 38 heavy (non-hydrogen) atoms. The van der Waals surface area contributed by atoms with Crippen molar-refractivity contribution in [3.63, 3.8) is 0 Å². The van der Waals surface area contributed by atoms with E-state index in [1.807, 2.05) is 62.4 Å². The van der Waals surface area contributed by atoms with Gasteiger partial charge in [-0.15, -0.1) is 0 Å². The summed E-state index contributed by atoms with van der Waals surface area (Å²) < 4.78 is 24.9. The van der Waals surface area contributed by atoms with Gasteiger partial charge in [0.2, 0.25) is 6.79 Å². The van der Waals surface area contributed by atoms with E-state index in [1.165, 1.54) is 4.68 Å². The van der Waals surface area contributed by atoms with Crippen molar-refractivity contribution in [2.45, 2.75) is 39.7 Å². The lowest BCUT2D eigenvalue weighted by Gasteiger charge is -2.14. The highest BCUT2D eigenvalue weighted by molar-refractivity contribution is 9.10. The Kier molecular flexibility index (Phi) is 7.64. The monoisotopic (exact) mass is 577 g/mol. The second-order valence-corrected chi connectivity index (χ2v) is 9.83. The maximum Gasteiger partial charge on any atom is 0.282 e. The Morgan fingerprint density at radius 2 is 1.89 bits per heavy atom. The fourth-order valence-corrected chi connectivity index (χ4v) is 4.45. The number of fused-ring (bicyclic) bond motifs is 2. The summed E-state index contributed by atoms with van der Waals surface area (Å²) in [5.74, 6) is 3.32. The van der Waals surface area contributed by atoms with E-state index in [1.54, 1.807) is 12.3 Å². The summed E-state index contributed by atoms with van der Waals surface area (Å²) >= 11 is 3.45. The van der Waals surface area contributed by atoms with Gasteiger partial charge < -0.3 is 18.9 Å². The number of halogens is 1. The summed E-state index contributed by atoms with van der Waals surface area (Å²) in [5, 5.41) is 5.07. The van der Waals surface area contributed by atoms with E-state index in [0.717, 1.165) is 27.8 Å². The quantitative estimate of drug-likeness (QED) is 0.218. The van der Waals surface area contributed by atoms with Crippen LogP contribution in [-0.4, -0.2) is 29.3 Å². The average molecular weight is 578 g/mol. The summed E-state index contributed by atoms with van der Waals surface area (Å²) in [7, 11) is 0. The van der Waals surface area contributed by atoms with Gasteiger partial charge in [-0.1, -0.05) is 35.8 Å². The SMILES string of the molecule is CCOc1cc(C=Nn2c([C@@H](C)CC)nc3ccc(Br)cc3c2=O)ccc1OCc1ccc2c(c1)OCO2. The normalized spacial score (nSPS) is 13.3. The first kappa shape index (κ1) is 25.8. The first-order valence-electron chi connectivity index (χ1n) is 12.5. The average Bonchev–Trinajstić information content (AvgIpc) is 3.40. The van der Waals surface area contributed by atoms with Gasteiger partial charge in [0.25, 0.3) is 5.56 Å². The van der Waals surface area contributed by atoms with E-state index in [-0.39, 0.29) is 18.3 Å². The topological polar surface area (TPSA) is 84.2 Å². The number of ether oxygens (including phenoxy) is 4. The van der Waals surface area contributed by atoms with Gasteiger partial charge in [0, 0.05) is 10.4 Å². The molecule has 0 aliphatic carbocycles. The number of nitrogens with zero attached hydrogens (tertiary/aromatic N) is 3. The summed E-state index contributed by atoms with van der Waals surface area (Å²) in [4.78, 5) is 18.1. The molecule has 0 fully saturated rings. The van der Waals surface area contributed by atoms with E-state index in [4.69, 9.17) is 23.9 Å². The van der Waals surface area contributed by atoms with Gasteiger partial charge in [0.15, 0.2) is 23.0 Å². The Hall–Kier alpha value is -3.85. The molecule has 1 aliphatic rings. The van der Waals surface area contributed by atoms with Gasteiger partial charge in [-0.2, -0.15) is 9.78 Å². The Bertz CT molecular complexity index is 1570. The predicted octanol–water partition coefficient (Wildman–Crippen LogP) is 6.26. The fraction of sp³-hybridized carbons (Fsp3) is 0.276. The van der Waals surface area contributed by atoms with Crippen LogP contribution in [0.5, 0.6) is 23.0 Å². The third-order valence-electron chi connectivity index (χ3n) is 6.31. The molecule has 3 aromatic carbocycles. The largest absolute Gasteiger partial charge is 0.490 e. The molecule has 0 saturated heterocycles. The molecule has 0 radical (unpaired) electrons. The highest BCUT2D eigenvalue weighted by Gasteiger charge is 2.16. The molecule has 0 saturated carbocycles. The number of rotatable bonds is 9. The molecule has 0 bridgehead atoms. The number of benzene rings is 3. The van der Waals surface area contributed by atoms with E-state index < -0.39 is 0 Å². The van der Waals surface area contributed by atoms with Gasteiger partial charge in [0.05, 0.1) is 23.7 Å². The molecular formula is C29H28BrN3O5. The minimum absolute atomic E-state index is 0.0545. The third-order valence-corrected chi connectivity index (χ3v) is 6.80. The summed E-state index contributed by atoms with van der Waals surface area (Å²) in [6.07, 6.45) is 2.47. The van der Waals surface area contributed by atoms with Crippen LogP contribution in [-0.2, 0) is 6.61 Å². The first-order chi connectivity index (χ1) is 18.5. The number of aromatic nitrogens is 2. The van der Waals surface area contributed by atoms with Gasteiger partial charge in [-0.25, -0.2) is 4.98 Å². The van der Waals surface area contributed by atoms with Crippen molar-refractivity contribution in [2.75, 3.05) is 13.4 Å². The highest BCUT2D eigenvalue weighted by atomic mass is 79.9. The second kappa shape index (κ2) is 11.3. The summed E-state index contributed by atoms with van der Waals surface area (Å²) in [5.41, 5.74) is 2.16. The Morgan fingerprint density at radius 3 is 2.71 bits per heavy atom. The molecule has 0 N–H and O–H groups in total. The molecular weight excluding hydrogens is 550 g/mol. The van der Waals surface area contributed by atoms with Crippen molar-refractivity contribution in [2.24, 2.45) is 5.10 Å². The Morgan fingerprint density at radius 1 is 1.05 bits per heavy atom. The molecule has 1 aromatic heterocycles. The lowest BCUT2D eigenvalue weighted by atomic mass is 10.1. The smallest absolute Gasteiger partial charge is 0.282 e. The van der Waals surface area contributed by atoms with Crippen LogP contribution in [0.1, 0.15) is 50.1 Å². The van der Waals surface area contributed by atoms with Gasteiger partial charge >= 0.3 is 0 Å². The van der Waals surface area contributed by atoms with Crippen molar-refractivity contribution in [1.82, 2.24) is 9.66 Å². The van der Waals surface area contributed by atoms with Crippen LogP contribution in [0.15, 0.2) is 69.0 Å². The highest BCUT2D eigenvalue weighted by Crippen LogP contribution is 2.34. The van der Waals surface area contributed by atoms with E-state index in [0.29, 0.717) is 47.2 Å². The molecule has 1 atom stereocenters. The molecule has 4 aromatic rings. The fourth-order valence-electron chi connectivity index (χ4n) is 4.09. The molecule has 0 spiro atoms. The van der Waals surface area contributed by atoms with Crippen molar-refractivity contribution in [1.29, 1.82) is 0 Å². The van der Waals surface area contributed by atoms with Crippen LogP contribution in [0.2, 0.25) is 0 Å². The lowest BCUT2D eigenvalue weighted by Crippen LogP contribution is -2.23. The number of hydrogen-bond donors (Lipinski definition) is 0. The van der Waals surface area contributed by atoms with Crippen molar-refractivity contribution in [3.05, 3.63) is 86.4 Å². The molecule has 5 rings (SSSR count). The Labute approximate surface area is 229 Å². The van der Waals surface area contributed by atoms with E-state index in [9.17, 15) is 4.79 Å². The van der Waals surface area contributed by atoms with Gasteiger partial charge in [0.1, 0.15) is 12.4 Å². The van der Waals surface area contributed by atoms with Crippen LogP contribution in [0.4, 0.5) is 0 Å². The van der Waals surface area contributed by atoms with E-state index in [2.05, 4.69) is 28.0 Å². The van der Waals surface area contributed by atoms with E-state index >= 15 is 0 Å². The van der Waals surface area contributed by atoms with Crippen molar-refractivity contribution >= 4 is 33.0 Å². The Balaban J connectivity index is 1.43. The molecule has 0 unspecified atom stereocenters. The maximum atomic E-state index is 13.4. The van der Waals surface area contributed by atoms with Crippen LogP contribution >= 0.6 is 15.9 Å². The minimum Gasteiger partial charge on any atom is -0.490 e. The molecule has 0 amide bonds. The van der Waals surface area contributed by atoms with Crippen LogP contribution in [0, 0.1) is 0 Å². The van der Waals surface area contributed by atoms with Crippen molar-refractivity contribution in [3.8, 4) is 23.0 Å². The lowest BCUT2D eigenvalue weighted by molar-refractivity contribution is 0.174. The second-order valence-electron chi connectivity index (χ2n) is 8.92.